The predicted octanol–water partition coefficient (Wildman–Crippen LogP) is 2.82. The van der Waals surface area contributed by atoms with Crippen LogP contribution in [0.4, 0.5) is 5.69 Å². The molecular formula is C19H23N3O. The number of nitrogens with one attached hydrogen (secondary N) is 1. The highest BCUT2D eigenvalue weighted by molar-refractivity contribution is 5.79. The van der Waals surface area contributed by atoms with Crippen molar-refractivity contribution in [2.75, 3.05) is 24.6 Å². The average Bonchev–Trinajstić information content (AvgIpc) is 3.09. The number of hydrogen-bond acceptors (Lipinski definition) is 3. The van der Waals surface area contributed by atoms with E-state index in [1.54, 1.807) is 0 Å². The summed E-state index contributed by atoms with van der Waals surface area (Å²) in [5.74, 6) is 0.0479. The maximum Gasteiger partial charge on any atom is 0.252 e. The smallest absolute Gasteiger partial charge is 0.252 e. The van der Waals surface area contributed by atoms with Crippen molar-refractivity contribution in [2.45, 2.75) is 19.4 Å². The summed E-state index contributed by atoms with van der Waals surface area (Å²) in [5, 5.41) is 1.92. The van der Waals surface area contributed by atoms with E-state index < -0.39 is 0 Å². The first-order valence-corrected chi connectivity index (χ1v) is 8.19. The van der Waals surface area contributed by atoms with Gasteiger partial charge in [0.05, 0.1) is 18.8 Å². The van der Waals surface area contributed by atoms with Gasteiger partial charge >= 0.3 is 0 Å². The number of nitrogens with zero attached hydrogens (tertiary/aromatic N) is 2. The van der Waals surface area contributed by atoms with Gasteiger partial charge in [-0.15, -0.1) is 0 Å². The van der Waals surface area contributed by atoms with E-state index in [1.165, 1.54) is 12.8 Å². The van der Waals surface area contributed by atoms with Crippen LogP contribution in [0.2, 0.25) is 0 Å². The molecule has 1 aliphatic rings. The number of hydrogen-bond donors (Lipinski definition) is 1. The summed E-state index contributed by atoms with van der Waals surface area (Å²) in [4.78, 5) is 14.6. The summed E-state index contributed by atoms with van der Waals surface area (Å²) in [5.41, 5.74) is 5.22. The lowest BCUT2D eigenvalue weighted by molar-refractivity contribution is -0.122. The van der Waals surface area contributed by atoms with Gasteiger partial charge in [0.1, 0.15) is 0 Å². The molecule has 0 spiro atoms. The Labute approximate surface area is 137 Å². The molecule has 120 valence electrons. The molecule has 4 nitrogen and oxygen atoms in total. The second-order valence-electron chi connectivity index (χ2n) is 5.93. The average molecular weight is 309 g/mol. The molecule has 1 fully saturated rings. The molecule has 0 radical (unpaired) electrons. The zero-order valence-corrected chi connectivity index (χ0v) is 13.3. The zero-order valence-electron chi connectivity index (χ0n) is 13.3. The number of rotatable bonds is 6. The van der Waals surface area contributed by atoms with Gasteiger partial charge in [-0.3, -0.25) is 20.1 Å². The maximum absolute atomic E-state index is 12.4. The third kappa shape index (κ3) is 4.57. The molecule has 4 heteroatoms. The molecular weight excluding hydrogens is 286 g/mol. The van der Waals surface area contributed by atoms with E-state index in [9.17, 15) is 4.79 Å². The van der Waals surface area contributed by atoms with Crippen molar-refractivity contribution < 1.29 is 4.79 Å². The van der Waals surface area contributed by atoms with Crippen LogP contribution in [-0.2, 0) is 11.3 Å². The fourth-order valence-electron chi connectivity index (χ4n) is 2.90. The summed E-state index contributed by atoms with van der Waals surface area (Å²) in [6.07, 6.45) is 2.39. The van der Waals surface area contributed by atoms with Crippen LogP contribution in [0, 0.1) is 0 Å². The largest absolute Gasteiger partial charge is 0.294 e. The van der Waals surface area contributed by atoms with E-state index in [1.807, 2.05) is 53.5 Å². The number of carbonyl (C=O) groups is 1. The standard InChI is InChI=1S/C19H23N3O/c23-19(16-21-13-7-8-14-21)20-22(18-11-5-2-6-12-18)15-17-9-3-1-4-10-17/h1-6,9-12H,7-8,13-16H2,(H,20,23). The van der Waals surface area contributed by atoms with Crippen LogP contribution >= 0.6 is 0 Å². The zero-order chi connectivity index (χ0) is 15.9. The normalized spacial score (nSPS) is 14.6. The number of likely N-dealkylation sites (tertiary alicyclic amines) is 1. The van der Waals surface area contributed by atoms with Crippen LogP contribution in [-0.4, -0.2) is 30.4 Å². The Bertz CT molecular complexity index is 609. The number of amides is 1. The Morgan fingerprint density at radius 1 is 0.957 bits per heavy atom. The van der Waals surface area contributed by atoms with Gasteiger partial charge in [-0.2, -0.15) is 0 Å². The summed E-state index contributed by atoms with van der Waals surface area (Å²) in [7, 11) is 0. The highest BCUT2D eigenvalue weighted by Gasteiger charge is 2.17. The Morgan fingerprint density at radius 2 is 1.57 bits per heavy atom. The molecule has 1 amide bonds. The minimum Gasteiger partial charge on any atom is -0.294 e. The van der Waals surface area contributed by atoms with Crippen LogP contribution in [0.3, 0.4) is 0 Å². The van der Waals surface area contributed by atoms with Crippen molar-refractivity contribution in [1.82, 2.24) is 10.3 Å². The molecule has 23 heavy (non-hydrogen) atoms. The Morgan fingerprint density at radius 3 is 2.22 bits per heavy atom. The van der Waals surface area contributed by atoms with Crippen LogP contribution in [0.15, 0.2) is 60.7 Å². The molecule has 0 aromatic heterocycles. The Balaban J connectivity index is 1.68. The predicted molar refractivity (Wildman–Crippen MR) is 92.9 cm³/mol. The fraction of sp³-hybridized carbons (Fsp3) is 0.316. The monoisotopic (exact) mass is 309 g/mol. The third-order valence-electron chi connectivity index (χ3n) is 4.08. The van der Waals surface area contributed by atoms with Crippen LogP contribution < -0.4 is 10.4 Å². The summed E-state index contributed by atoms with van der Waals surface area (Å²) in [6.45, 7) is 3.17. The number of benzene rings is 2. The quantitative estimate of drug-likeness (QED) is 0.834. The van der Waals surface area contributed by atoms with Gasteiger partial charge in [0.25, 0.3) is 5.91 Å². The minimum atomic E-state index is 0.0479. The van der Waals surface area contributed by atoms with E-state index in [0.717, 1.165) is 24.3 Å². The molecule has 2 aromatic rings. The van der Waals surface area contributed by atoms with Gasteiger partial charge in [0.15, 0.2) is 0 Å². The molecule has 0 bridgehead atoms. The molecule has 0 saturated carbocycles. The SMILES string of the molecule is O=C(CN1CCCC1)NN(Cc1ccccc1)c1ccccc1. The molecule has 1 saturated heterocycles. The molecule has 1 aliphatic heterocycles. The number of para-hydroxylation sites is 1. The van der Waals surface area contributed by atoms with Crippen molar-refractivity contribution in [3.8, 4) is 0 Å². The lowest BCUT2D eigenvalue weighted by Crippen LogP contribution is -2.46. The van der Waals surface area contributed by atoms with Gasteiger partial charge in [-0.1, -0.05) is 48.5 Å². The van der Waals surface area contributed by atoms with Crippen molar-refractivity contribution >= 4 is 11.6 Å². The molecule has 1 heterocycles. The lowest BCUT2D eigenvalue weighted by Gasteiger charge is -2.26. The summed E-state index contributed by atoms with van der Waals surface area (Å²) >= 11 is 0. The van der Waals surface area contributed by atoms with Crippen molar-refractivity contribution in [3.63, 3.8) is 0 Å². The van der Waals surface area contributed by atoms with Crippen molar-refractivity contribution in [2.24, 2.45) is 0 Å². The topological polar surface area (TPSA) is 35.6 Å². The molecule has 3 rings (SSSR count). The van der Waals surface area contributed by atoms with E-state index in [0.29, 0.717) is 13.1 Å². The Hall–Kier alpha value is -2.33. The van der Waals surface area contributed by atoms with Gasteiger partial charge in [0.2, 0.25) is 0 Å². The minimum absolute atomic E-state index is 0.0479. The van der Waals surface area contributed by atoms with E-state index >= 15 is 0 Å². The highest BCUT2D eigenvalue weighted by atomic mass is 16.2. The van der Waals surface area contributed by atoms with E-state index in [2.05, 4.69) is 22.5 Å². The number of hydrazine groups is 1. The summed E-state index contributed by atoms with van der Waals surface area (Å²) in [6, 6.07) is 20.2. The van der Waals surface area contributed by atoms with Crippen LogP contribution in [0.1, 0.15) is 18.4 Å². The molecule has 1 N–H and O–H groups in total. The number of carbonyl (C=O) groups excluding carboxylic acids is 1. The highest BCUT2D eigenvalue weighted by Crippen LogP contribution is 2.15. The van der Waals surface area contributed by atoms with Gasteiger partial charge in [-0.05, 0) is 43.6 Å². The van der Waals surface area contributed by atoms with Crippen molar-refractivity contribution in [1.29, 1.82) is 0 Å². The van der Waals surface area contributed by atoms with Crippen LogP contribution in [0.25, 0.3) is 0 Å². The van der Waals surface area contributed by atoms with Gasteiger partial charge in [-0.25, -0.2) is 0 Å². The van der Waals surface area contributed by atoms with Gasteiger partial charge in [0, 0.05) is 0 Å². The molecule has 0 atom stereocenters. The lowest BCUT2D eigenvalue weighted by atomic mass is 10.2. The number of anilines is 1. The third-order valence-corrected chi connectivity index (χ3v) is 4.08. The molecule has 0 aliphatic carbocycles. The first-order valence-electron chi connectivity index (χ1n) is 8.19. The van der Waals surface area contributed by atoms with Gasteiger partial charge < -0.3 is 0 Å². The van der Waals surface area contributed by atoms with Crippen LogP contribution in [0.5, 0.6) is 0 Å². The molecule has 2 aromatic carbocycles. The second kappa shape index (κ2) is 7.79. The van der Waals surface area contributed by atoms with E-state index in [-0.39, 0.29) is 5.91 Å². The Kier molecular flexibility index (Phi) is 5.27. The maximum atomic E-state index is 12.4. The van der Waals surface area contributed by atoms with Crippen molar-refractivity contribution in [3.05, 3.63) is 66.2 Å². The first kappa shape index (κ1) is 15.6. The summed E-state index contributed by atoms with van der Waals surface area (Å²) < 4.78 is 0. The second-order valence-corrected chi connectivity index (χ2v) is 5.93. The van der Waals surface area contributed by atoms with E-state index in [4.69, 9.17) is 0 Å². The molecule has 0 unspecified atom stereocenters. The first-order chi connectivity index (χ1) is 11.3. The fourth-order valence-corrected chi connectivity index (χ4v) is 2.90.